The first-order valence-corrected chi connectivity index (χ1v) is 7.77. The van der Waals surface area contributed by atoms with Gasteiger partial charge in [-0.25, -0.2) is 0 Å². The molecule has 1 rings (SSSR count). The van der Waals surface area contributed by atoms with Crippen LogP contribution in [0, 0.1) is 0 Å². The fraction of sp³-hybridized carbons (Fsp3) is 0.857. The molecule has 0 aliphatic carbocycles. The summed E-state index contributed by atoms with van der Waals surface area (Å²) in [6.45, 7) is 7.26. The van der Waals surface area contributed by atoms with Gasteiger partial charge in [0.05, 0.1) is 6.54 Å². The van der Waals surface area contributed by atoms with Gasteiger partial charge in [0.1, 0.15) is 0 Å². The molecule has 0 bridgehead atoms. The van der Waals surface area contributed by atoms with Crippen molar-refractivity contribution in [2.24, 2.45) is 15.7 Å². The standard InChI is InChI=1S/C14H30N6/c1-3-11-20-12-10-19-14(20)18-9-7-5-4-6-8-17-13(15)16-2/h3-12H2,1-2H3,(H,18,19)(H3,15,16,17). The van der Waals surface area contributed by atoms with Crippen LogP contribution in [0.3, 0.4) is 0 Å². The van der Waals surface area contributed by atoms with Crippen LogP contribution in [-0.4, -0.2) is 56.6 Å². The zero-order chi connectivity index (χ0) is 14.6. The van der Waals surface area contributed by atoms with E-state index in [0.29, 0.717) is 5.96 Å². The van der Waals surface area contributed by atoms with E-state index in [4.69, 9.17) is 5.73 Å². The van der Waals surface area contributed by atoms with E-state index in [-0.39, 0.29) is 0 Å². The van der Waals surface area contributed by atoms with Gasteiger partial charge in [-0.05, 0) is 19.3 Å². The fourth-order valence-corrected chi connectivity index (χ4v) is 2.24. The number of nitrogens with zero attached hydrogens (tertiary/aromatic N) is 3. The number of hydrogen-bond acceptors (Lipinski definition) is 4. The van der Waals surface area contributed by atoms with E-state index < -0.39 is 0 Å². The predicted octanol–water partition coefficient (Wildman–Crippen LogP) is 0.752. The molecule has 0 atom stereocenters. The van der Waals surface area contributed by atoms with Gasteiger partial charge in [0.15, 0.2) is 11.9 Å². The van der Waals surface area contributed by atoms with E-state index in [1.165, 1.54) is 25.7 Å². The summed E-state index contributed by atoms with van der Waals surface area (Å²) in [5.41, 5.74) is 5.55. The molecule has 0 spiro atoms. The van der Waals surface area contributed by atoms with Crippen LogP contribution in [0.15, 0.2) is 9.98 Å². The van der Waals surface area contributed by atoms with Crippen molar-refractivity contribution < 1.29 is 0 Å². The van der Waals surface area contributed by atoms with Crippen molar-refractivity contribution in [1.29, 1.82) is 0 Å². The molecule has 1 aliphatic heterocycles. The lowest BCUT2D eigenvalue weighted by Crippen LogP contribution is -2.39. The SMILES string of the molecule is CCCN1CCN=C1NCCCCCCNC(N)=NC. The average Bonchev–Trinajstić information content (AvgIpc) is 2.89. The van der Waals surface area contributed by atoms with E-state index >= 15 is 0 Å². The molecule has 0 aromatic heterocycles. The molecule has 6 heteroatoms. The predicted molar refractivity (Wildman–Crippen MR) is 86.2 cm³/mol. The molecule has 4 N–H and O–H groups in total. The lowest BCUT2D eigenvalue weighted by Gasteiger charge is -2.20. The van der Waals surface area contributed by atoms with Crippen LogP contribution < -0.4 is 16.4 Å². The van der Waals surface area contributed by atoms with Gasteiger partial charge in [0, 0.05) is 33.2 Å². The minimum absolute atomic E-state index is 0.530. The number of nitrogens with one attached hydrogen (secondary N) is 2. The molecular formula is C14H30N6. The number of aliphatic imine (C=N–C) groups is 2. The largest absolute Gasteiger partial charge is 0.370 e. The minimum Gasteiger partial charge on any atom is -0.370 e. The molecule has 0 amide bonds. The smallest absolute Gasteiger partial charge is 0.194 e. The second-order valence-corrected chi connectivity index (χ2v) is 5.07. The average molecular weight is 282 g/mol. The quantitative estimate of drug-likeness (QED) is 0.331. The molecule has 0 unspecified atom stereocenters. The van der Waals surface area contributed by atoms with E-state index in [9.17, 15) is 0 Å². The molecule has 1 heterocycles. The van der Waals surface area contributed by atoms with Crippen LogP contribution in [0.2, 0.25) is 0 Å². The van der Waals surface area contributed by atoms with Crippen LogP contribution in [0.25, 0.3) is 0 Å². The molecule has 6 nitrogen and oxygen atoms in total. The van der Waals surface area contributed by atoms with Crippen LogP contribution in [0.5, 0.6) is 0 Å². The molecule has 0 aromatic carbocycles. The molecule has 0 aromatic rings. The number of rotatable bonds is 9. The second kappa shape index (κ2) is 10.3. The maximum atomic E-state index is 5.55. The maximum Gasteiger partial charge on any atom is 0.194 e. The van der Waals surface area contributed by atoms with Crippen LogP contribution in [0.1, 0.15) is 39.0 Å². The van der Waals surface area contributed by atoms with E-state index in [1.807, 2.05) is 0 Å². The molecule has 0 fully saturated rings. The Morgan fingerprint density at radius 1 is 1.30 bits per heavy atom. The topological polar surface area (TPSA) is 78.0 Å². The van der Waals surface area contributed by atoms with Gasteiger partial charge in [-0.2, -0.15) is 0 Å². The zero-order valence-electron chi connectivity index (χ0n) is 13.0. The zero-order valence-corrected chi connectivity index (χ0v) is 13.0. The van der Waals surface area contributed by atoms with Gasteiger partial charge in [0.2, 0.25) is 0 Å². The second-order valence-electron chi connectivity index (χ2n) is 5.07. The Hall–Kier alpha value is -1.46. The van der Waals surface area contributed by atoms with Gasteiger partial charge in [-0.1, -0.05) is 19.8 Å². The Kier molecular flexibility index (Phi) is 8.58. The Bertz CT molecular complexity index is 313. The molecule has 1 aliphatic rings. The molecular weight excluding hydrogens is 252 g/mol. The van der Waals surface area contributed by atoms with Gasteiger partial charge in [0.25, 0.3) is 0 Å². The first kappa shape index (κ1) is 16.6. The van der Waals surface area contributed by atoms with Crippen molar-refractivity contribution in [2.75, 3.05) is 39.8 Å². The van der Waals surface area contributed by atoms with Crippen molar-refractivity contribution in [1.82, 2.24) is 15.5 Å². The first-order valence-electron chi connectivity index (χ1n) is 7.77. The van der Waals surface area contributed by atoms with E-state index in [0.717, 1.165) is 45.1 Å². The summed E-state index contributed by atoms with van der Waals surface area (Å²) >= 11 is 0. The number of nitrogens with two attached hydrogens (primary N) is 1. The van der Waals surface area contributed by atoms with Crippen molar-refractivity contribution in [3.05, 3.63) is 0 Å². The number of guanidine groups is 2. The summed E-state index contributed by atoms with van der Waals surface area (Å²) in [5.74, 6) is 1.63. The Labute approximate surface area is 122 Å². The lowest BCUT2D eigenvalue weighted by molar-refractivity contribution is 0.439. The van der Waals surface area contributed by atoms with Gasteiger partial charge in [-0.15, -0.1) is 0 Å². The molecule has 20 heavy (non-hydrogen) atoms. The van der Waals surface area contributed by atoms with Crippen LogP contribution >= 0.6 is 0 Å². The fourth-order valence-electron chi connectivity index (χ4n) is 2.24. The van der Waals surface area contributed by atoms with Crippen LogP contribution in [0.4, 0.5) is 0 Å². The third-order valence-corrected chi connectivity index (χ3v) is 3.36. The summed E-state index contributed by atoms with van der Waals surface area (Å²) < 4.78 is 0. The number of hydrogen-bond donors (Lipinski definition) is 3. The minimum atomic E-state index is 0.530. The van der Waals surface area contributed by atoms with Crippen LogP contribution in [-0.2, 0) is 0 Å². The highest BCUT2D eigenvalue weighted by molar-refractivity contribution is 5.81. The number of unbranched alkanes of at least 4 members (excludes halogenated alkanes) is 3. The highest BCUT2D eigenvalue weighted by Gasteiger charge is 2.14. The third-order valence-electron chi connectivity index (χ3n) is 3.36. The lowest BCUT2D eigenvalue weighted by atomic mass is 10.2. The Morgan fingerprint density at radius 2 is 2.05 bits per heavy atom. The Morgan fingerprint density at radius 3 is 2.75 bits per heavy atom. The van der Waals surface area contributed by atoms with Gasteiger partial charge >= 0.3 is 0 Å². The highest BCUT2D eigenvalue weighted by Crippen LogP contribution is 2.02. The van der Waals surface area contributed by atoms with E-state index in [1.54, 1.807) is 7.05 Å². The molecule has 116 valence electrons. The summed E-state index contributed by atoms with van der Waals surface area (Å²) in [5, 5.41) is 6.53. The molecule has 0 radical (unpaired) electrons. The van der Waals surface area contributed by atoms with Crippen molar-refractivity contribution in [3.63, 3.8) is 0 Å². The van der Waals surface area contributed by atoms with Crippen molar-refractivity contribution in [3.8, 4) is 0 Å². The summed E-state index contributed by atoms with van der Waals surface area (Å²) in [7, 11) is 1.70. The Balaban J connectivity index is 1.94. The maximum absolute atomic E-state index is 5.55. The summed E-state index contributed by atoms with van der Waals surface area (Å²) in [6, 6.07) is 0. The monoisotopic (exact) mass is 282 g/mol. The van der Waals surface area contributed by atoms with Gasteiger partial charge in [-0.3, -0.25) is 9.98 Å². The van der Waals surface area contributed by atoms with Gasteiger partial charge < -0.3 is 21.3 Å². The van der Waals surface area contributed by atoms with Crippen molar-refractivity contribution >= 4 is 11.9 Å². The summed E-state index contributed by atoms with van der Waals surface area (Å²) in [4.78, 5) is 10.7. The first-order chi connectivity index (χ1) is 9.77. The molecule has 0 saturated carbocycles. The summed E-state index contributed by atoms with van der Waals surface area (Å²) in [6.07, 6.45) is 5.96. The van der Waals surface area contributed by atoms with E-state index in [2.05, 4.69) is 32.4 Å². The molecule has 0 saturated heterocycles. The highest BCUT2D eigenvalue weighted by atomic mass is 15.3. The van der Waals surface area contributed by atoms with Crippen molar-refractivity contribution in [2.45, 2.75) is 39.0 Å². The normalized spacial score (nSPS) is 15.4. The third kappa shape index (κ3) is 6.63.